The van der Waals surface area contributed by atoms with Gasteiger partial charge in [0, 0.05) is 12.3 Å². The van der Waals surface area contributed by atoms with Crippen LogP contribution >= 0.6 is 15.6 Å². The minimum atomic E-state index is -5.88. The van der Waals surface area contributed by atoms with Crippen LogP contribution in [0.3, 0.4) is 0 Å². The third-order valence-electron chi connectivity index (χ3n) is 14.9. The van der Waals surface area contributed by atoms with Gasteiger partial charge in [0.15, 0.2) is 6.23 Å². The number of H-pyrrole nitrogens is 1. The lowest BCUT2D eigenvalue weighted by Crippen LogP contribution is -2.50. The molecular formula is C57H119N5O12P2. The SMILES string of the molecule is CCCC[N+](CCCC)(CCCC)CCCC.CCCC[N+](CCCC)(CCCC)CCCC.CCCC[N+](CCCC)(CCCC)CCCC.O=c1ccn([C@@H]2O[C@H](COP(=O)([O-])OP(=O)([O-])[O-])[C@@H](O)[C@H]2O)c(=O)[nH]1. The van der Waals surface area contributed by atoms with E-state index >= 15 is 0 Å². The van der Waals surface area contributed by atoms with E-state index < -0.39 is 58.0 Å². The summed E-state index contributed by atoms with van der Waals surface area (Å²) in [7, 11) is -11.4. The number of aromatic amines is 1. The number of rotatable bonds is 42. The Morgan fingerprint density at radius 2 is 0.763 bits per heavy atom. The Morgan fingerprint density at radius 1 is 0.500 bits per heavy atom. The minimum absolute atomic E-state index is 0.724. The molecule has 0 radical (unpaired) electrons. The number of quaternary nitrogens is 3. The highest BCUT2D eigenvalue weighted by Crippen LogP contribution is 2.50. The van der Waals surface area contributed by atoms with Crippen molar-refractivity contribution in [3.8, 4) is 0 Å². The van der Waals surface area contributed by atoms with Crippen molar-refractivity contribution >= 4 is 15.6 Å². The summed E-state index contributed by atoms with van der Waals surface area (Å²) >= 11 is 0. The number of aromatic nitrogens is 2. The third kappa shape index (κ3) is 34.8. The maximum atomic E-state index is 11.6. The van der Waals surface area contributed by atoms with Gasteiger partial charge in [-0.25, -0.2) is 4.79 Å². The van der Waals surface area contributed by atoms with Gasteiger partial charge in [-0.05, 0) is 77.0 Å². The van der Waals surface area contributed by atoms with Crippen molar-refractivity contribution in [2.75, 3.05) is 85.1 Å². The molecule has 1 saturated heterocycles. The van der Waals surface area contributed by atoms with Crippen molar-refractivity contribution in [1.82, 2.24) is 9.55 Å². The van der Waals surface area contributed by atoms with E-state index in [1.54, 1.807) is 0 Å². The second-order valence-electron chi connectivity index (χ2n) is 21.8. The lowest BCUT2D eigenvalue weighted by atomic mass is 10.1. The van der Waals surface area contributed by atoms with Crippen molar-refractivity contribution in [3.63, 3.8) is 0 Å². The van der Waals surface area contributed by atoms with Crippen LogP contribution in [0.25, 0.3) is 0 Å². The highest BCUT2D eigenvalue weighted by Gasteiger charge is 2.44. The topological polar surface area (TPSA) is 226 Å². The van der Waals surface area contributed by atoms with E-state index in [2.05, 4.69) is 91.9 Å². The Balaban J connectivity index is 0. The molecule has 454 valence electrons. The van der Waals surface area contributed by atoms with E-state index in [-0.39, 0.29) is 0 Å². The van der Waals surface area contributed by atoms with Gasteiger partial charge in [-0.3, -0.25) is 23.2 Å². The summed E-state index contributed by atoms with van der Waals surface area (Å²) in [5.41, 5.74) is -1.69. The first-order chi connectivity index (χ1) is 36.1. The molecule has 1 fully saturated rings. The van der Waals surface area contributed by atoms with Gasteiger partial charge < -0.3 is 52.2 Å². The number of aliphatic hydroxyl groups is 2. The molecule has 19 heteroatoms. The summed E-state index contributed by atoms with van der Waals surface area (Å²) in [6.45, 7) is 44.0. The van der Waals surface area contributed by atoms with Crippen LogP contribution in [-0.2, 0) is 22.7 Å². The van der Waals surface area contributed by atoms with Gasteiger partial charge in [0.25, 0.3) is 13.4 Å². The van der Waals surface area contributed by atoms with E-state index in [1.165, 1.54) is 246 Å². The number of hydrogen-bond acceptors (Lipinski definition) is 12. The molecule has 1 aliphatic rings. The molecule has 3 N–H and O–H groups in total. The van der Waals surface area contributed by atoms with Crippen LogP contribution in [-0.4, -0.2) is 137 Å². The Labute approximate surface area is 464 Å². The summed E-state index contributed by atoms with van der Waals surface area (Å²) in [4.78, 5) is 56.2. The molecule has 0 aliphatic carbocycles. The van der Waals surface area contributed by atoms with Crippen LogP contribution in [0.1, 0.15) is 243 Å². The molecule has 1 unspecified atom stereocenters. The summed E-state index contributed by atoms with van der Waals surface area (Å²) < 4.78 is 38.8. The molecule has 1 aromatic rings. The summed E-state index contributed by atoms with van der Waals surface area (Å²) in [5.74, 6) is 0. The van der Waals surface area contributed by atoms with E-state index in [0.717, 1.165) is 16.8 Å². The number of phosphoric ester groups is 1. The lowest BCUT2D eigenvalue weighted by Gasteiger charge is -2.39. The monoisotopic (exact) mass is 1130 g/mol. The summed E-state index contributed by atoms with van der Waals surface area (Å²) in [6.07, 6.45) is 27.7. The van der Waals surface area contributed by atoms with E-state index in [0.29, 0.717) is 0 Å². The van der Waals surface area contributed by atoms with Gasteiger partial charge in [-0.1, -0.05) is 160 Å². The number of phosphoric acid groups is 2. The Kier molecular flexibility index (Phi) is 45.8. The zero-order valence-corrected chi connectivity index (χ0v) is 52.6. The normalized spacial score (nSPS) is 17.8. The molecule has 2 rings (SSSR count). The number of nitrogens with zero attached hydrogens (tertiary/aromatic N) is 4. The van der Waals surface area contributed by atoms with Crippen molar-refractivity contribution < 1.29 is 61.0 Å². The van der Waals surface area contributed by atoms with Crippen LogP contribution in [0.15, 0.2) is 21.9 Å². The summed E-state index contributed by atoms with van der Waals surface area (Å²) in [6, 6.07) is 0.938. The predicted octanol–water partition coefficient (Wildman–Crippen LogP) is 10.5. The molecule has 2 heterocycles. The van der Waals surface area contributed by atoms with Gasteiger partial charge in [0.2, 0.25) is 0 Å². The Bertz CT molecular complexity index is 1530. The first-order valence-corrected chi connectivity index (χ1v) is 33.6. The summed E-state index contributed by atoms with van der Waals surface area (Å²) in [5, 5.41) is 19.7. The average Bonchev–Trinajstić information content (AvgIpc) is 3.67. The van der Waals surface area contributed by atoms with Crippen LogP contribution < -0.4 is 25.9 Å². The van der Waals surface area contributed by atoms with E-state index in [1.807, 2.05) is 4.98 Å². The molecule has 0 spiro atoms. The molecule has 5 atom stereocenters. The first kappa shape index (κ1) is 76.8. The molecule has 1 aliphatic heterocycles. The fraction of sp³-hybridized carbons (Fsp3) is 0.930. The van der Waals surface area contributed by atoms with E-state index in [9.17, 15) is 43.6 Å². The van der Waals surface area contributed by atoms with Gasteiger partial charge in [0.1, 0.15) is 18.3 Å². The van der Waals surface area contributed by atoms with Gasteiger partial charge in [0.05, 0.1) is 93.0 Å². The standard InChI is InChI=1S/3C16H36N.C9H14N2O12P2/c3*1-5-9-13-17(14-10-6-2,15-11-7-3)16-12-8-4;12-5-1-2-11(9(15)10-5)8-7(14)6(13)4(22-8)3-21-25(19,20)23-24(16,17)18/h3*5-16H2,1-4H3;1-2,4,6-8,13-14H,3H2,(H,19,20)(H,10,12,15)(H2,16,17,18)/q3*+1;/p-3/t;;;4-,6-,7-,8-/m...1/s1. The van der Waals surface area contributed by atoms with Gasteiger partial charge in [-0.15, -0.1) is 0 Å². The van der Waals surface area contributed by atoms with Crippen LogP contribution in [0, 0.1) is 0 Å². The molecule has 0 saturated carbocycles. The molecule has 0 amide bonds. The number of hydrogen-bond donors (Lipinski definition) is 3. The van der Waals surface area contributed by atoms with Crippen LogP contribution in [0.5, 0.6) is 0 Å². The molecule has 76 heavy (non-hydrogen) atoms. The van der Waals surface area contributed by atoms with Crippen molar-refractivity contribution in [3.05, 3.63) is 33.1 Å². The van der Waals surface area contributed by atoms with Crippen LogP contribution in [0.4, 0.5) is 0 Å². The molecule has 0 bridgehead atoms. The first-order valence-electron chi connectivity index (χ1n) is 30.7. The number of ether oxygens (including phenoxy) is 1. The number of unbranched alkanes of at least 4 members (excludes halogenated alkanes) is 12. The van der Waals surface area contributed by atoms with E-state index in [4.69, 9.17) is 4.74 Å². The van der Waals surface area contributed by atoms with Gasteiger partial charge >= 0.3 is 5.69 Å². The number of nitrogens with one attached hydrogen (secondary N) is 1. The van der Waals surface area contributed by atoms with Crippen molar-refractivity contribution in [2.45, 2.75) is 262 Å². The second-order valence-corrected chi connectivity index (χ2v) is 24.5. The lowest BCUT2D eigenvalue weighted by molar-refractivity contribution is -0.929. The molecule has 1 aromatic heterocycles. The van der Waals surface area contributed by atoms with Crippen molar-refractivity contribution in [1.29, 1.82) is 0 Å². The highest BCUT2D eigenvalue weighted by atomic mass is 31.3. The molecular weight excluding hydrogens is 1010 g/mol. The minimum Gasteiger partial charge on any atom is -0.790 e. The maximum Gasteiger partial charge on any atom is 0.330 e. The highest BCUT2D eigenvalue weighted by molar-refractivity contribution is 7.58. The molecule has 0 aromatic carbocycles. The molecule has 17 nitrogen and oxygen atoms in total. The quantitative estimate of drug-likeness (QED) is 0.0411. The third-order valence-corrected chi connectivity index (χ3v) is 17.0. The Morgan fingerprint density at radius 3 is 0.987 bits per heavy atom. The van der Waals surface area contributed by atoms with Gasteiger partial charge in [-0.2, -0.15) is 0 Å². The Hall–Kier alpha value is -1.30. The second kappa shape index (κ2) is 45.3. The fourth-order valence-corrected chi connectivity index (χ4v) is 11.5. The predicted molar refractivity (Wildman–Crippen MR) is 308 cm³/mol. The largest absolute Gasteiger partial charge is 0.790 e. The maximum absolute atomic E-state index is 11.6. The smallest absolute Gasteiger partial charge is 0.330 e. The number of aliphatic hydroxyl groups excluding tert-OH is 2. The average molecular weight is 1130 g/mol. The fourth-order valence-electron chi connectivity index (χ4n) is 9.97. The zero-order chi connectivity index (χ0) is 57.9. The van der Waals surface area contributed by atoms with Crippen molar-refractivity contribution in [2.24, 2.45) is 0 Å². The zero-order valence-electron chi connectivity index (χ0n) is 50.8. The van der Waals surface area contributed by atoms with Crippen LogP contribution in [0.2, 0.25) is 0 Å².